The van der Waals surface area contributed by atoms with Crippen LogP contribution in [0.4, 0.5) is 23.2 Å². The van der Waals surface area contributed by atoms with Gasteiger partial charge in [0, 0.05) is 34.6 Å². The Hall–Kier alpha value is -3.88. The summed E-state index contributed by atoms with van der Waals surface area (Å²) in [7, 11) is 0. The summed E-state index contributed by atoms with van der Waals surface area (Å²) in [5.74, 6) is -1.70. The molecule has 2 heterocycles. The van der Waals surface area contributed by atoms with Gasteiger partial charge in [-0.2, -0.15) is 0 Å². The topological polar surface area (TPSA) is 81.0 Å². The van der Waals surface area contributed by atoms with Gasteiger partial charge < -0.3 is 15.5 Å². The van der Waals surface area contributed by atoms with Gasteiger partial charge in [0.1, 0.15) is 17.2 Å². The molecule has 30 heavy (non-hydrogen) atoms. The maximum absolute atomic E-state index is 14.1. The molecule has 5 nitrogen and oxygen atoms in total. The number of fused-ring (bicyclic) bond motifs is 1. The van der Waals surface area contributed by atoms with Crippen LogP contribution in [0.25, 0.3) is 22.2 Å². The number of ether oxygens (including phenoxy) is 1. The summed E-state index contributed by atoms with van der Waals surface area (Å²) in [5.41, 5.74) is 7.09. The second-order valence-electron chi connectivity index (χ2n) is 6.47. The molecule has 0 saturated heterocycles. The summed E-state index contributed by atoms with van der Waals surface area (Å²) < 4.78 is 55.5. The summed E-state index contributed by atoms with van der Waals surface area (Å²) in [6.07, 6.45) is -1.97. The molecule has 0 aliphatic carbocycles. The summed E-state index contributed by atoms with van der Waals surface area (Å²) in [6.45, 7) is 0. The molecule has 0 atom stereocenters. The lowest BCUT2D eigenvalue weighted by Gasteiger charge is -2.10. The van der Waals surface area contributed by atoms with E-state index in [2.05, 4.69) is 14.7 Å². The molecule has 0 aliphatic rings. The second kappa shape index (κ2) is 7.18. The minimum Gasteiger partial charge on any atom is -0.406 e. The Morgan fingerprint density at radius 3 is 2.60 bits per heavy atom. The number of nitrogens with zero attached hydrogens (tertiary/aromatic N) is 1. The zero-order valence-electron chi connectivity index (χ0n) is 15.1. The highest BCUT2D eigenvalue weighted by molar-refractivity contribution is 6.16. The molecular weight excluding hydrogens is 402 g/mol. The van der Waals surface area contributed by atoms with Crippen LogP contribution in [-0.4, -0.2) is 22.1 Å². The molecule has 4 aromatic rings. The highest BCUT2D eigenvalue weighted by Gasteiger charge is 2.31. The van der Waals surface area contributed by atoms with E-state index < -0.39 is 18.0 Å². The minimum absolute atomic E-state index is 0.159. The van der Waals surface area contributed by atoms with E-state index in [9.17, 15) is 22.4 Å². The van der Waals surface area contributed by atoms with E-state index in [4.69, 9.17) is 5.73 Å². The quantitative estimate of drug-likeness (QED) is 0.277. The number of aromatic nitrogens is 2. The average molecular weight is 415 g/mol. The smallest absolute Gasteiger partial charge is 0.406 e. The molecule has 0 amide bonds. The highest BCUT2D eigenvalue weighted by Crippen LogP contribution is 2.30. The number of nitrogens with two attached hydrogens (primary N) is 1. The van der Waals surface area contributed by atoms with E-state index in [1.807, 2.05) is 0 Å². The van der Waals surface area contributed by atoms with Gasteiger partial charge in [0.15, 0.2) is 5.78 Å². The fourth-order valence-electron chi connectivity index (χ4n) is 3.08. The van der Waals surface area contributed by atoms with E-state index in [1.165, 1.54) is 42.7 Å². The first kappa shape index (κ1) is 19.4. The molecule has 0 spiro atoms. The summed E-state index contributed by atoms with van der Waals surface area (Å²) >= 11 is 0. The van der Waals surface area contributed by atoms with Crippen molar-refractivity contribution in [1.82, 2.24) is 9.97 Å². The molecule has 0 aliphatic heterocycles. The number of ketones is 1. The number of aromatic amines is 1. The Morgan fingerprint density at radius 2 is 1.83 bits per heavy atom. The number of anilines is 1. The number of H-pyrrole nitrogens is 1. The van der Waals surface area contributed by atoms with Gasteiger partial charge in [-0.1, -0.05) is 12.1 Å². The molecule has 0 bridgehead atoms. The number of alkyl halides is 3. The van der Waals surface area contributed by atoms with Crippen molar-refractivity contribution in [3.8, 4) is 16.9 Å². The number of carbonyl (C=O) groups excluding carboxylic acids is 1. The van der Waals surface area contributed by atoms with Crippen LogP contribution in [0.15, 0.2) is 60.9 Å². The van der Waals surface area contributed by atoms with Crippen molar-refractivity contribution in [2.45, 2.75) is 6.36 Å². The minimum atomic E-state index is -4.82. The zero-order valence-corrected chi connectivity index (χ0v) is 15.1. The predicted molar refractivity (Wildman–Crippen MR) is 102 cm³/mol. The molecule has 0 fully saturated rings. The van der Waals surface area contributed by atoms with E-state index in [-0.39, 0.29) is 22.6 Å². The Kier molecular flexibility index (Phi) is 4.65. The molecule has 0 radical (unpaired) electrons. The summed E-state index contributed by atoms with van der Waals surface area (Å²) in [5, 5.41) is 0.390. The maximum Gasteiger partial charge on any atom is 0.573 e. The van der Waals surface area contributed by atoms with Gasteiger partial charge in [0.2, 0.25) is 0 Å². The zero-order chi connectivity index (χ0) is 21.5. The fourth-order valence-corrected chi connectivity index (χ4v) is 3.08. The Labute approximate surface area is 167 Å². The lowest BCUT2D eigenvalue weighted by Crippen LogP contribution is -2.17. The first-order chi connectivity index (χ1) is 14.2. The monoisotopic (exact) mass is 415 g/mol. The van der Waals surface area contributed by atoms with Crippen molar-refractivity contribution in [3.05, 3.63) is 77.9 Å². The normalized spacial score (nSPS) is 11.6. The van der Waals surface area contributed by atoms with Gasteiger partial charge in [-0.3, -0.25) is 4.79 Å². The number of halogens is 4. The Bertz CT molecular complexity index is 1260. The molecule has 2 aromatic heterocycles. The molecular formula is C21H13F4N3O2. The van der Waals surface area contributed by atoms with Crippen LogP contribution < -0.4 is 10.5 Å². The van der Waals surface area contributed by atoms with Crippen molar-refractivity contribution in [2.24, 2.45) is 0 Å². The summed E-state index contributed by atoms with van der Waals surface area (Å²) in [6, 6.07) is 10.7. The van der Waals surface area contributed by atoms with Crippen LogP contribution in [0.1, 0.15) is 15.9 Å². The van der Waals surface area contributed by atoms with E-state index in [1.54, 1.807) is 12.1 Å². The fraction of sp³-hybridized carbons (Fsp3) is 0.0476. The van der Waals surface area contributed by atoms with Gasteiger partial charge in [-0.25, -0.2) is 9.37 Å². The van der Waals surface area contributed by atoms with Crippen LogP contribution >= 0.6 is 0 Å². The first-order valence-corrected chi connectivity index (χ1v) is 8.64. The SMILES string of the molecule is Nc1ccc(F)c(C(=O)c2c[nH]c3ncc(-c4cccc(OC(F)(F)F)c4)cc23)c1. The number of nitrogens with one attached hydrogen (secondary N) is 1. The third kappa shape index (κ3) is 3.82. The number of nitrogen functional groups attached to an aromatic ring is 1. The third-order valence-electron chi connectivity index (χ3n) is 4.41. The number of carbonyl (C=O) groups is 1. The molecule has 152 valence electrons. The van der Waals surface area contributed by atoms with Gasteiger partial charge in [0.25, 0.3) is 0 Å². The first-order valence-electron chi connectivity index (χ1n) is 8.64. The molecule has 3 N–H and O–H groups in total. The van der Waals surface area contributed by atoms with Crippen molar-refractivity contribution >= 4 is 22.5 Å². The largest absolute Gasteiger partial charge is 0.573 e. The molecule has 0 saturated carbocycles. The van der Waals surface area contributed by atoms with Crippen molar-refractivity contribution < 1.29 is 27.1 Å². The molecule has 0 unspecified atom stereocenters. The predicted octanol–water partition coefficient (Wildman–Crippen LogP) is 5.08. The van der Waals surface area contributed by atoms with E-state index >= 15 is 0 Å². The lowest BCUT2D eigenvalue weighted by molar-refractivity contribution is -0.274. The Balaban J connectivity index is 1.76. The summed E-state index contributed by atoms with van der Waals surface area (Å²) in [4.78, 5) is 19.9. The van der Waals surface area contributed by atoms with Crippen LogP contribution in [0.5, 0.6) is 5.75 Å². The van der Waals surface area contributed by atoms with E-state index in [0.29, 0.717) is 22.2 Å². The van der Waals surface area contributed by atoms with Gasteiger partial charge in [-0.05, 0) is 42.0 Å². The standard InChI is InChI=1S/C21H13F4N3O2/c22-18-5-4-13(26)8-16(18)19(29)17-10-28-20-15(17)7-12(9-27-20)11-2-1-3-14(6-11)30-21(23,24)25/h1-10H,26H2,(H,27,28). The molecule has 4 rings (SSSR count). The van der Waals surface area contributed by atoms with Crippen LogP contribution in [0, 0.1) is 5.82 Å². The van der Waals surface area contributed by atoms with Crippen LogP contribution in [-0.2, 0) is 0 Å². The number of benzene rings is 2. The van der Waals surface area contributed by atoms with E-state index in [0.717, 1.165) is 6.07 Å². The van der Waals surface area contributed by atoms with Gasteiger partial charge in [-0.15, -0.1) is 13.2 Å². The van der Waals surface area contributed by atoms with Crippen LogP contribution in [0.3, 0.4) is 0 Å². The van der Waals surface area contributed by atoms with Gasteiger partial charge in [0.05, 0.1) is 5.56 Å². The highest BCUT2D eigenvalue weighted by atomic mass is 19.4. The van der Waals surface area contributed by atoms with Crippen molar-refractivity contribution in [2.75, 3.05) is 5.73 Å². The third-order valence-corrected chi connectivity index (χ3v) is 4.41. The van der Waals surface area contributed by atoms with Gasteiger partial charge >= 0.3 is 6.36 Å². The lowest BCUT2D eigenvalue weighted by atomic mass is 10.0. The average Bonchev–Trinajstić information content (AvgIpc) is 3.11. The molecule has 9 heteroatoms. The molecule has 2 aromatic carbocycles. The number of hydrogen-bond acceptors (Lipinski definition) is 4. The van der Waals surface area contributed by atoms with Crippen molar-refractivity contribution in [3.63, 3.8) is 0 Å². The number of hydrogen-bond donors (Lipinski definition) is 2. The second-order valence-corrected chi connectivity index (χ2v) is 6.47. The number of pyridine rings is 1. The Morgan fingerprint density at radius 1 is 1.03 bits per heavy atom. The van der Waals surface area contributed by atoms with Crippen molar-refractivity contribution in [1.29, 1.82) is 0 Å². The van der Waals surface area contributed by atoms with Crippen LogP contribution in [0.2, 0.25) is 0 Å². The number of rotatable bonds is 4. The maximum atomic E-state index is 14.1.